The summed E-state index contributed by atoms with van der Waals surface area (Å²) in [5, 5.41) is 21.3. The maximum Gasteiger partial charge on any atom is 0.416 e. The summed E-state index contributed by atoms with van der Waals surface area (Å²) in [6.45, 7) is -0.742. The molecule has 0 fully saturated rings. The number of pyridine rings is 2. The van der Waals surface area contributed by atoms with E-state index in [2.05, 4.69) is 25.3 Å². The van der Waals surface area contributed by atoms with Gasteiger partial charge in [-0.3, -0.25) is 9.78 Å². The summed E-state index contributed by atoms with van der Waals surface area (Å²) in [7, 11) is 0. The second kappa shape index (κ2) is 9.99. The Bertz CT molecular complexity index is 1370. The van der Waals surface area contributed by atoms with Crippen LogP contribution in [0.1, 0.15) is 16.1 Å². The molecule has 4 aromatic rings. The summed E-state index contributed by atoms with van der Waals surface area (Å²) in [4.78, 5) is 29.1. The van der Waals surface area contributed by atoms with Gasteiger partial charge in [-0.25, -0.2) is 9.97 Å². The molecule has 0 radical (unpaired) electrons. The van der Waals surface area contributed by atoms with Crippen LogP contribution in [0.5, 0.6) is 6.01 Å². The molecule has 0 saturated heterocycles. The van der Waals surface area contributed by atoms with Crippen molar-refractivity contribution in [3.05, 3.63) is 72.3 Å². The molecule has 1 amide bonds. The maximum atomic E-state index is 13.2. The quantitative estimate of drug-likeness (QED) is 0.364. The van der Waals surface area contributed by atoms with E-state index in [0.29, 0.717) is 16.5 Å². The van der Waals surface area contributed by atoms with Crippen molar-refractivity contribution in [2.75, 3.05) is 18.5 Å². The zero-order valence-corrected chi connectivity index (χ0v) is 17.9. The number of alkyl halides is 3. The number of aromatic nitrogens is 4. The number of aliphatic hydroxyl groups excluding tert-OH is 2. The Morgan fingerprint density at radius 3 is 2.71 bits per heavy atom. The number of nitrogens with zero attached hydrogens (tertiary/aromatic N) is 4. The van der Waals surface area contributed by atoms with Crippen LogP contribution in [0.4, 0.5) is 19.0 Å². The molecule has 3 heterocycles. The van der Waals surface area contributed by atoms with E-state index in [4.69, 9.17) is 9.84 Å². The molecule has 3 N–H and O–H groups in total. The highest BCUT2D eigenvalue weighted by Gasteiger charge is 2.30. The average Bonchev–Trinajstić information content (AvgIpc) is 2.86. The molecule has 1 atom stereocenters. The number of fused-ring (bicyclic) bond motifs is 1. The van der Waals surface area contributed by atoms with Crippen LogP contribution in [-0.2, 0) is 6.18 Å². The van der Waals surface area contributed by atoms with E-state index < -0.39 is 30.4 Å². The second-order valence-electron chi connectivity index (χ2n) is 7.36. The van der Waals surface area contributed by atoms with E-state index in [-0.39, 0.29) is 29.7 Å². The molecule has 0 aliphatic carbocycles. The van der Waals surface area contributed by atoms with Gasteiger partial charge >= 0.3 is 12.2 Å². The fourth-order valence-corrected chi connectivity index (χ4v) is 3.13. The topological polar surface area (TPSA) is 130 Å². The molecule has 1 unspecified atom stereocenters. The minimum absolute atomic E-state index is 0.00582. The third kappa shape index (κ3) is 5.67. The van der Waals surface area contributed by atoms with Gasteiger partial charge in [0, 0.05) is 29.5 Å². The number of anilines is 1. The number of hydrogen-bond acceptors (Lipinski definition) is 8. The average molecular weight is 485 g/mol. The number of hydrogen-bond donors (Lipinski definition) is 3. The predicted octanol–water partition coefficient (Wildman–Crippen LogP) is 3.09. The fourth-order valence-electron chi connectivity index (χ4n) is 3.13. The Morgan fingerprint density at radius 1 is 1.11 bits per heavy atom. The lowest BCUT2D eigenvalue weighted by Gasteiger charge is -2.11. The van der Waals surface area contributed by atoms with Gasteiger partial charge in [0.05, 0.1) is 17.7 Å². The second-order valence-corrected chi connectivity index (χ2v) is 7.36. The van der Waals surface area contributed by atoms with Gasteiger partial charge in [0.15, 0.2) is 0 Å². The SMILES string of the molecule is O=C(Nc1ccnc(OCC(O)CO)n1)c1ccc2cncc(-c3cccc(C(F)(F)F)c3)c2n1. The fraction of sp³-hybridized carbons (Fsp3) is 0.174. The minimum atomic E-state index is -4.51. The smallest absolute Gasteiger partial charge is 0.416 e. The summed E-state index contributed by atoms with van der Waals surface area (Å²) in [5.41, 5.74) is 0.0774. The Kier molecular flexibility index (Phi) is 6.85. The number of aliphatic hydroxyl groups is 2. The van der Waals surface area contributed by atoms with Crippen molar-refractivity contribution in [3.63, 3.8) is 0 Å². The molecule has 0 aliphatic rings. The first-order chi connectivity index (χ1) is 16.7. The number of amides is 1. The van der Waals surface area contributed by atoms with Gasteiger partial charge in [-0.1, -0.05) is 12.1 Å². The summed E-state index contributed by atoms with van der Waals surface area (Å²) < 4.78 is 44.7. The van der Waals surface area contributed by atoms with Crippen molar-refractivity contribution < 1.29 is 32.9 Å². The Balaban J connectivity index is 1.61. The van der Waals surface area contributed by atoms with E-state index in [0.717, 1.165) is 12.1 Å². The van der Waals surface area contributed by atoms with E-state index >= 15 is 0 Å². The van der Waals surface area contributed by atoms with Gasteiger partial charge in [-0.15, -0.1) is 0 Å². The number of benzene rings is 1. The van der Waals surface area contributed by atoms with Crippen LogP contribution in [0.25, 0.3) is 22.0 Å². The van der Waals surface area contributed by atoms with Gasteiger partial charge in [0.2, 0.25) is 0 Å². The van der Waals surface area contributed by atoms with Crippen LogP contribution in [0, 0.1) is 0 Å². The lowest BCUT2D eigenvalue weighted by Crippen LogP contribution is -2.22. The summed E-state index contributed by atoms with van der Waals surface area (Å²) in [6, 6.07) is 9.10. The number of carbonyl (C=O) groups is 1. The first-order valence-corrected chi connectivity index (χ1v) is 10.2. The van der Waals surface area contributed by atoms with Crippen LogP contribution in [0.3, 0.4) is 0 Å². The van der Waals surface area contributed by atoms with Crippen molar-refractivity contribution >= 4 is 22.6 Å². The number of carbonyl (C=O) groups excluding carboxylic acids is 1. The third-order valence-electron chi connectivity index (χ3n) is 4.82. The van der Waals surface area contributed by atoms with Gasteiger partial charge in [-0.05, 0) is 35.9 Å². The zero-order valence-electron chi connectivity index (χ0n) is 17.9. The number of halogens is 3. The van der Waals surface area contributed by atoms with E-state index in [1.807, 2.05) is 0 Å². The van der Waals surface area contributed by atoms with Crippen molar-refractivity contribution in [2.45, 2.75) is 12.3 Å². The largest absolute Gasteiger partial charge is 0.461 e. The maximum absolute atomic E-state index is 13.2. The lowest BCUT2D eigenvalue weighted by atomic mass is 10.0. The first kappa shape index (κ1) is 24.0. The van der Waals surface area contributed by atoms with E-state index in [1.54, 1.807) is 6.07 Å². The molecule has 180 valence electrons. The molecule has 1 aromatic carbocycles. The molecule has 4 rings (SSSR count). The Morgan fingerprint density at radius 2 is 1.94 bits per heavy atom. The zero-order chi connectivity index (χ0) is 25.0. The highest BCUT2D eigenvalue weighted by atomic mass is 19.4. The standard InChI is InChI=1S/C23H18F3N5O4/c24-23(25,26)15-3-1-2-13(8-15)17-10-27-9-14-4-5-18(29-20(14)17)21(34)30-19-6-7-28-22(31-19)35-12-16(33)11-32/h1-10,16,32-33H,11-12H2,(H,28,30,31,34). The number of nitrogens with one attached hydrogen (secondary N) is 1. The van der Waals surface area contributed by atoms with Crippen molar-refractivity contribution in [3.8, 4) is 17.1 Å². The number of ether oxygens (including phenoxy) is 1. The van der Waals surface area contributed by atoms with Crippen LogP contribution in [-0.4, -0.2) is 55.4 Å². The highest BCUT2D eigenvalue weighted by Crippen LogP contribution is 2.33. The third-order valence-corrected chi connectivity index (χ3v) is 4.82. The molecule has 9 nitrogen and oxygen atoms in total. The van der Waals surface area contributed by atoms with E-state index in [9.17, 15) is 23.1 Å². The van der Waals surface area contributed by atoms with E-state index in [1.165, 1.54) is 42.9 Å². The molecular weight excluding hydrogens is 467 g/mol. The lowest BCUT2D eigenvalue weighted by molar-refractivity contribution is -0.137. The predicted molar refractivity (Wildman–Crippen MR) is 119 cm³/mol. The minimum Gasteiger partial charge on any atom is -0.461 e. The van der Waals surface area contributed by atoms with Crippen LogP contribution in [0.15, 0.2) is 61.1 Å². The van der Waals surface area contributed by atoms with Gasteiger partial charge < -0.3 is 20.3 Å². The molecule has 0 spiro atoms. The summed E-state index contributed by atoms with van der Waals surface area (Å²) in [6.07, 6.45) is -1.41. The van der Waals surface area contributed by atoms with Crippen LogP contribution in [0.2, 0.25) is 0 Å². The normalized spacial score (nSPS) is 12.4. The molecule has 0 bridgehead atoms. The van der Waals surface area contributed by atoms with Crippen molar-refractivity contribution in [1.82, 2.24) is 19.9 Å². The highest BCUT2D eigenvalue weighted by molar-refractivity contribution is 6.04. The molecule has 35 heavy (non-hydrogen) atoms. The van der Waals surface area contributed by atoms with Crippen LogP contribution < -0.4 is 10.1 Å². The van der Waals surface area contributed by atoms with Gasteiger partial charge in [0.25, 0.3) is 5.91 Å². The van der Waals surface area contributed by atoms with Gasteiger partial charge in [-0.2, -0.15) is 18.2 Å². The van der Waals surface area contributed by atoms with Gasteiger partial charge in [0.1, 0.15) is 24.2 Å². The van der Waals surface area contributed by atoms with Crippen LogP contribution >= 0.6 is 0 Å². The number of rotatable bonds is 7. The summed E-state index contributed by atoms with van der Waals surface area (Å²) >= 11 is 0. The Hall–Kier alpha value is -4.16. The molecule has 12 heteroatoms. The summed E-state index contributed by atoms with van der Waals surface area (Å²) in [5.74, 6) is -0.535. The molecule has 0 saturated carbocycles. The monoisotopic (exact) mass is 485 g/mol. The van der Waals surface area contributed by atoms with Crippen molar-refractivity contribution in [2.24, 2.45) is 0 Å². The Labute approximate surface area is 196 Å². The molecule has 3 aromatic heterocycles. The first-order valence-electron chi connectivity index (χ1n) is 10.2. The van der Waals surface area contributed by atoms with Crippen molar-refractivity contribution in [1.29, 1.82) is 0 Å². The molecule has 0 aliphatic heterocycles. The molecular formula is C23H18F3N5O4.